The minimum absolute atomic E-state index is 0.222. The van der Waals surface area contributed by atoms with Crippen LogP contribution in [0.1, 0.15) is 38.2 Å². The van der Waals surface area contributed by atoms with Gasteiger partial charge in [-0.15, -0.1) is 0 Å². The van der Waals surface area contributed by atoms with E-state index in [0.29, 0.717) is 32.0 Å². The van der Waals surface area contributed by atoms with Crippen molar-refractivity contribution in [3.05, 3.63) is 29.8 Å². The number of aliphatic carboxylic acids is 1. The molecule has 1 heterocycles. The second-order valence-electron chi connectivity index (χ2n) is 6.43. The maximum atomic E-state index is 12.1. The molecule has 0 aliphatic carbocycles. The number of carbonyl (C=O) groups is 2. The Morgan fingerprint density at radius 1 is 1.33 bits per heavy atom. The van der Waals surface area contributed by atoms with E-state index >= 15 is 0 Å². The largest absolute Gasteiger partial charge is 0.492 e. The summed E-state index contributed by atoms with van der Waals surface area (Å²) in [6, 6.07) is 7.72. The minimum atomic E-state index is -0.833. The number of nitrogens with one attached hydrogen (secondary N) is 1. The van der Waals surface area contributed by atoms with Crippen LogP contribution in [-0.2, 0) is 4.79 Å². The lowest BCUT2D eigenvalue weighted by atomic mass is 9.99. The van der Waals surface area contributed by atoms with E-state index in [1.165, 1.54) is 5.56 Å². The molecule has 2 N–H and O–H groups in total. The van der Waals surface area contributed by atoms with Crippen LogP contribution in [0.4, 0.5) is 4.79 Å². The van der Waals surface area contributed by atoms with Crippen molar-refractivity contribution in [1.29, 1.82) is 0 Å². The summed E-state index contributed by atoms with van der Waals surface area (Å²) in [5.74, 6) is -0.0315. The van der Waals surface area contributed by atoms with Gasteiger partial charge in [-0.1, -0.05) is 26.0 Å². The summed E-state index contributed by atoms with van der Waals surface area (Å²) in [6.07, 6.45) is 1.36. The van der Waals surface area contributed by atoms with E-state index in [4.69, 9.17) is 9.84 Å². The van der Waals surface area contributed by atoms with Crippen molar-refractivity contribution in [3.63, 3.8) is 0 Å². The van der Waals surface area contributed by atoms with Crippen molar-refractivity contribution < 1.29 is 19.4 Å². The molecule has 1 aliphatic heterocycles. The first-order chi connectivity index (χ1) is 11.5. The molecule has 1 aromatic carbocycles. The van der Waals surface area contributed by atoms with Crippen molar-refractivity contribution >= 4 is 12.0 Å². The number of carboxylic acid groups (broad SMARTS) is 1. The first-order valence-corrected chi connectivity index (χ1v) is 8.45. The maximum Gasteiger partial charge on any atom is 0.317 e. The highest BCUT2D eigenvalue weighted by molar-refractivity contribution is 5.76. The number of benzene rings is 1. The summed E-state index contributed by atoms with van der Waals surface area (Å²) in [5.41, 5.74) is 1.26. The van der Waals surface area contributed by atoms with Crippen molar-refractivity contribution in [2.45, 2.75) is 32.6 Å². The Labute approximate surface area is 142 Å². The number of ether oxygens (including phenoxy) is 1. The van der Waals surface area contributed by atoms with E-state index in [0.717, 1.165) is 12.2 Å². The molecule has 0 radical (unpaired) electrons. The van der Waals surface area contributed by atoms with Crippen LogP contribution in [0.15, 0.2) is 24.3 Å². The summed E-state index contributed by atoms with van der Waals surface area (Å²) in [7, 11) is 0. The van der Waals surface area contributed by atoms with Gasteiger partial charge in [0.05, 0.1) is 12.5 Å². The van der Waals surface area contributed by atoms with Crippen molar-refractivity contribution in [2.24, 2.45) is 5.92 Å². The summed E-state index contributed by atoms with van der Waals surface area (Å²) in [4.78, 5) is 24.7. The van der Waals surface area contributed by atoms with Gasteiger partial charge in [0.25, 0.3) is 0 Å². The second-order valence-corrected chi connectivity index (χ2v) is 6.43. The van der Waals surface area contributed by atoms with Crippen LogP contribution < -0.4 is 10.1 Å². The van der Waals surface area contributed by atoms with Gasteiger partial charge in [-0.25, -0.2) is 4.79 Å². The molecule has 6 nitrogen and oxygen atoms in total. The van der Waals surface area contributed by atoms with Gasteiger partial charge >= 0.3 is 12.0 Å². The van der Waals surface area contributed by atoms with Gasteiger partial charge in [0.2, 0.25) is 0 Å². The molecule has 1 aliphatic rings. The molecule has 1 atom stereocenters. The molecule has 2 amide bonds. The van der Waals surface area contributed by atoms with Crippen LogP contribution in [0.5, 0.6) is 5.75 Å². The van der Waals surface area contributed by atoms with Crippen molar-refractivity contribution in [2.75, 3.05) is 26.2 Å². The zero-order valence-corrected chi connectivity index (χ0v) is 14.3. The predicted molar refractivity (Wildman–Crippen MR) is 91.4 cm³/mol. The van der Waals surface area contributed by atoms with Crippen molar-refractivity contribution in [1.82, 2.24) is 10.2 Å². The van der Waals surface area contributed by atoms with Crippen molar-refractivity contribution in [3.8, 4) is 5.75 Å². The van der Waals surface area contributed by atoms with Crippen LogP contribution >= 0.6 is 0 Å². The average Bonchev–Trinajstić information content (AvgIpc) is 2.59. The number of hydrogen-bond acceptors (Lipinski definition) is 3. The highest BCUT2D eigenvalue weighted by Gasteiger charge is 2.27. The highest BCUT2D eigenvalue weighted by atomic mass is 16.5. The van der Waals surface area contributed by atoms with Crippen LogP contribution in [0.3, 0.4) is 0 Å². The first-order valence-electron chi connectivity index (χ1n) is 8.45. The van der Waals surface area contributed by atoms with E-state index < -0.39 is 11.9 Å². The standard InChI is InChI=1S/C18H26N2O4/c1-13(2)14-5-7-16(8-6-14)24-11-9-19-18(23)20-10-3-4-15(12-20)17(21)22/h5-8,13,15H,3-4,9-12H2,1-2H3,(H,19,23)(H,21,22). The van der Waals surface area contributed by atoms with E-state index in [-0.39, 0.29) is 12.6 Å². The molecule has 1 saturated heterocycles. The smallest absolute Gasteiger partial charge is 0.317 e. The molecule has 0 aromatic heterocycles. The number of urea groups is 1. The number of nitrogens with zero attached hydrogens (tertiary/aromatic N) is 1. The predicted octanol–water partition coefficient (Wildman–Crippen LogP) is 2.70. The number of piperidine rings is 1. The lowest BCUT2D eigenvalue weighted by Gasteiger charge is -2.30. The Morgan fingerprint density at radius 2 is 2.04 bits per heavy atom. The molecule has 0 bridgehead atoms. The lowest BCUT2D eigenvalue weighted by Crippen LogP contribution is -2.47. The number of carbonyl (C=O) groups excluding carboxylic acids is 1. The molecular weight excluding hydrogens is 308 g/mol. The maximum absolute atomic E-state index is 12.1. The Balaban J connectivity index is 1.70. The molecule has 132 valence electrons. The topological polar surface area (TPSA) is 78.9 Å². The molecule has 0 spiro atoms. The molecule has 1 unspecified atom stereocenters. The average molecular weight is 334 g/mol. The molecule has 0 saturated carbocycles. The minimum Gasteiger partial charge on any atom is -0.492 e. The molecule has 24 heavy (non-hydrogen) atoms. The van der Waals surface area contributed by atoms with Crippen LogP contribution in [-0.4, -0.2) is 48.2 Å². The fraction of sp³-hybridized carbons (Fsp3) is 0.556. The van der Waals surface area contributed by atoms with Gasteiger partial charge < -0.3 is 20.1 Å². The molecule has 2 rings (SSSR count). The Kier molecular flexibility index (Phi) is 6.46. The van der Waals surface area contributed by atoms with Crippen LogP contribution in [0.25, 0.3) is 0 Å². The Bertz CT molecular complexity index is 557. The van der Waals surface area contributed by atoms with E-state index in [2.05, 4.69) is 19.2 Å². The van der Waals surface area contributed by atoms with E-state index in [9.17, 15) is 9.59 Å². The third kappa shape index (κ3) is 5.15. The second kappa shape index (κ2) is 8.57. The zero-order chi connectivity index (χ0) is 17.5. The molecule has 1 fully saturated rings. The SMILES string of the molecule is CC(C)c1ccc(OCCNC(=O)N2CCCC(C(=O)O)C2)cc1. The molecular formula is C18H26N2O4. The fourth-order valence-corrected chi connectivity index (χ4v) is 2.75. The Hall–Kier alpha value is -2.24. The summed E-state index contributed by atoms with van der Waals surface area (Å²) in [5, 5.41) is 11.8. The number of carboxylic acids is 1. The van der Waals surface area contributed by atoms with Gasteiger partial charge in [0.15, 0.2) is 0 Å². The quantitative estimate of drug-likeness (QED) is 0.784. The van der Waals surface area contributed by atoms with Crippen LogP contribution in [0, 0.1) is 5.92 Å². The molecule has 6 heteroatoms. The summed E-state index contributed by atoms with van der Waals surface area (Å²) in [6.45, 7) is 5.93. The normalized spacial score (nSPS) is 17.6. The van der Waals surface area contributed by atoms with Gasteiger partial charge in [0, 0.05) is 13.1 Å². The number of likely N-dealkylation sites (tertiary alicyclic amines) is 1. The number of rotatable bonds is 6. The number of hydrogen-bond donors (Lipinski definition) is 2. The summed E-state index contributed by atoms with van der Waals surface area (Å²) >= 11 is 0. The van der Waals surface area contributed by atoms with Crippen LogP contribution in [0.2, 0.25) is 0 Å². The van der Waals surface area contributed by atoms with Gasteiger partial charge in [-0.05, 0) is 36.5 Å². The monoisotopic (exact) mass is 334 g/mol. The fourth-order valence-electron chi connectivity index (χ4n) is 2.75. The van der Waals surface area contributed by atoms with Gasteiger partial charge in [-0.3, -0.25) is 4.79 Å². The van der Waals surface area contributed by atoms with Gasteiger partial charge in [-0.2, -0.15) is 0 Å². The lowest BCUT2D eigenvalue weighted by molar-refractivity contribution is -0.143. The van der Waals surface area contributed by atoms with E-state index in [1.54, 1.807) is 4.90 Å². The Morgan fingerprint density at radius 3 is 2.67 bits per heavy atom. The number of amides is 2. The third-order valence-corrected chi connectivity index (χ3v) is 4.25. The third-order valence-electron chi connectivity index (χ3n) is 4.25. The van der Waals surface area contributed by atoms with Gasteiger partial charge in [0.1, 0.15) is 12.4 Å². The molecule has 1 aromatic rings. The zero-order valence-electron chi connectivity index (χ0n) is 14.3. The first kappa shape index (κ1) is 18.1. The van der Waals surface area contributed by atoms with E-state index in [1.807, 2.05) is 24.3 Å². The highest BCUT2D eigenvalue weighted by Crippen LogP contribution is 2.18. The summed E-state index contributed by atoms with van der Waals surface area (Å²) < 4.78 is 5.61.